The second-order valence-corrected chi connectivity index (χ2v) is 5.10. The van der Waals surface area contributed by atoms with Crippen molar-refractivity contribution < 1.29 is 14.6 Å². The first-order valence-corrected chi connectivity index (χ1v) is 6.18. The molecule has 0 unspecified atom stereocenters. The molecule has 0 saturated heterocycles. The molecule has 1 aliphatic heterocycles. The van der Waals surface area contributed by atoms with Crippen LogP contribution in [0, 0.1) is 0 Å². The van der Waals surface area contributed by atoms with E-state index < -0.39 is 5.97 Å². The molecule has 1 saturated carbocycles. The van der Waals surface area contributed by atoms with Gasteiger partial charge < -0.3 is 9.84 Å². The van der Waals surface area contributed by atoms with Crippen molar-refractivity contribution >= 4 is 5.97 Å². The molecule has 1 aromatic rings. The maximum atomic E-state index is 11.0. The first kappa shape index (κ1) is 10.6. The first-order valence-electron chi connectivity index (χ1n) is 6.18. The van der Waals surface area contributed by atoms with E-state index in [4.69, 9.17) is 9.84 Å². The molecule has 0 spiro atoms. The second-order valence-electron chi connectivity index (χ2n) is 5.10. The topological polar surface area (TPSA) is 46.5 Å². The summed E-state index contributed by atoms with van der Waals surface area (Å²) in [6.45, 7) is 0.732. The molecule has 0 radical (unpaired) electrons. The van der Waals surface area contributed by atoms with Crippen LogP contribution in [0.15, 0.2) is 18.2 Å². The van der Waals surface area contributed by atoms with Crippen molar-refractivity contribution in [1.29, 1.82) is 0 Å². The maximum Gasteiger partial charge on any atom is 0.304 e. The third-order valence-electron chi connectivity index (χ3n) is 4.09. The minimum Gasteiger partial charge on any atom is -0.493 e. The lowest BCUT2D eigenvalue weighted by molar-refractivity contribution is -0.139. The van der Waals surface area contributed by atoms with Crippen LogP contribution in [0.1, 0.15) is 36.8 Å². The van der Waals surface area contributed by atoms with Gasteiger partial charge in [0.25, 0.3) is 0 Å². The zero-order valence-corrected chi connectivity index (χ0v) is 9.74. The van der Waals surface area contributed by atoms with Crippen molar-refractivity contribution in [2.75, 3.05) is 6.61 Å². The largest absolute Gasteiger partial charge is 0.493 e. The Morgan fingerprint density at radius 3 is 2.88 bits per heavy atom. The van der Waals surface area contributed by atoms with Gasteiger partial charge in [-0.05, 0) is 18.4 Å². The predicted octanol–water partition coefficient (Wildman–Crippen LogP) is 2.52. The highest BCUT2D eigenvalue weighted by Crippen LogP contribution is 2.51. The van der Waals surface area contributed by atoms with Gasteiger partial charge in [-0.3, -0.25) is 4.79 Å². The van der Waals surface area contributed by atoms with Crippen LogP contribution in [0.2, 0.25) is 0 Å². The zero-order chi connectivity index (χ0) is 11.9. The molecule has 2 aliphatic rings. The van der Waals surface area contributed by atoms with E-state index in [0.29, 0.717) is 0 Å². The summed E-state index contributed by atoms with van der Waals surface area (Å²) in [6.07, 6.45) is 4.24. The van der Waals surface area contributed by atoms with Crippen molar-refractivity contribution in [3.05, 3.63) is 29.3 Å². The number of carboxylic acids is 1. The van der Waals surface area contributed by atoms with Crippen LogP contribution in [0.5, 0.6) is 5.75 Å². The Balaban J connectivity index is 2.02. The number of para-hydroxylation sites is 1. The van der Waals surface area contributed by atoms with Gasteiger partial charge in [0.2, 0.25) is 0 Å². The third-order valence-corrected chi connectivity index (χ3v) is 4.09. The number of benzene rings is 1. The number of hydrogen-bond donors (Lipinski definition) is 1. The summed E-state index contributed by atoms with van der Waals surface area (Å²) >= 11 is 0. The molecule has 1 aromatic carbocycles. The minimum atomic E-state index is -0.708. The van der Waals surface area contributed by atoms with E-state index >= 15 is 0 Å². The molecule has 1 fully saturated rings. The monoisotopic (exact) mass is 232 g/mol. The van der Waals surface area contributed by atoms with Crippen LogP contribution in [-0.2, 0) is 16.6 Å². The van der Waals surface area contributed by atoms with Crippen LogP contribution in [-0.4, -0.2) is 17.7 Å². The molecule has 3 heteroatoms. The fourth-order valence-electron chi connectivity index (χ4n) is 3.07. The first-order chi connectivity index (χ1) is 8.21. The van der Waals surface area contributed by atoms with Gasteiger partial charge >= 0.3 is 5.97 Å². The van der Waals surface area contributed by atoms with E-state index in [0.717, 1.165) is 43.6 Å². The van der Waals surface area contributed by atoms with Crippen molar-refractivity contribution in [1.82, 2.24) is 0 Å². The summed E-state index contributed by atoms with van der Waals surface area (Å²) in [6, 6.07) is 6.16. The number of carbonyl (C=O) groups is 1. The summed E-state index contributed by atoms with van der Waals surface area (Å²) in [5.74, 6) is 0.258. The fourth-order valence-corrected chi connectivity index (χ4v) is 3.07. The fraction of sp³-hybridized carbons (Fsp3) is 0.500. The van der Waals surface area contributed by atoms with Gasteiger partial charge in [0.1, 0.15) is 5.75 Å². The molecule has 0 atom stereocenters. The Morgan fingerprint density at radius 2 is 2.24 bits per heavy atom. The molecular formula is C14H16O3. The van der Waals surface area contributed by atoms with Crippen molar-refractivity contribution in [3.63, 3.8) is 0 Å². The molecule has 17 heavy (non-hydrogen) atoms. The zero-order valence-electron chi connectivity index (χ0n) is 9.74. The van der Waals surface area contributed by atoms with Crippen LogP contribution in [0.3, 0.4) is 0 Å². The summed E-state index contributed by atoms with van der Waals surface area (Å²) in [4.78, 5) is 11.0. The summed E-state index contributed by atoms with van der Waals surface area (Å²) in [7, 11) is 0. The number of carboxylic acid groups (broad SMARTS) is 1. The normalized spacial score (nSPS) is 20.2. The molecule has 3 rings (SSSR count). The van der Waals surface area contributed by atoms with Gasteiger partial charge in [-0.15, -0.1) is 0 Å². The van der Waals surface area contributed by atoms with Crippen molar-refractivity contribution in [2.45, 2.75) is 37.5 Å². The molecule has 1 N–H and O–H groups in total. The second kappa shape index (κ2) is 3.76. The lowest BCUT2D eigenvalue weighted by atomic mass is 9.62. The lowest BCUT2D eigenvalue weighted by Crippen LogP contribution is -2.36. The Bertz CT molecular complexity index is 461. The average Bonchev–Trinajstić information content (AvgIpc) is 2.70. The molecular weight excluding hydrogens is 216 g/mol. The van der Waals surface area contributed by atoms with E-state index in [-0.39, 0.29) is 11.8 Å². The van der Waals surface area contributed by atoms with Gasteiger partial charge in [-0.2, -0.15) is 0 Å². The molecule has 0 amide bonds. The molecule has 1 aliphatic carbocycles. The predicted molar refractivity (Wildman–Crippen MR) is 63.4 cm³/mol. The highest BCUT2D eigenvalue weighted by Gasteiger charge is 2.43. The lowest BCUT2D eigenvalue weighted by Gasteiger charge is -2.42. The average molecular weight is 232 g/mol. The van der Waals surface area contributed by atoms with Crippen molar-refractivity contribution in [2.24, 2.45) is 0 Å². The van der Waals surface area contributed by atoms with Gasteiger partial charge in [0.05, 0.1) is 13.0 Å². The van der Waals surface area contributed by atoms with E-state index in [1.807, 2.05) is 12.1 Å². The maximum absolute atomic E-state index is 11.0. The number of ether oxygens (including phenoxy) is 1. The van der Waals surface area contributed by atoms with E-state index in [1.54, 1.807) is 0 Å². The summed E-state index contributed by atoms with van der Waals surface area (Å²) in [5.41, 5.74) is 2.20. The highest BCUT2D eigenvalue weighted by molar-refractivity contribution is 5.70. The summed E-state index contributed by atoms with van der Waals surface area (Å²) in [5, 5.41) is 9.08. The minimum absolute atomic E-state index is 0.165. The Labute approximate surface area is 100 Å². The van der Waals surface area contributed by atoms with Gasteiger partial charge in [-0.1, -0.05) is 24.6 Å². The molecule has 1 heterocycles. The number of rotatable bonds is 3. The Hall–Kier alpha value is -1.51. The Morgan fingerprint density at radius 1 is 1.41 bits per heavy atom. The Kier molecular flexibility index (Phi) is 2.35. The van der Waals surface area contributed by atoms with E-state index in [2.05, 4.69) is 6.07 Å². The molecule has 3 nitrogen and oxygen atoms in total. The molecule has 0 bridgehead atoms. The third kappa shape index (κ3) is 1.61. The smallest absolute Gasteiger partial charge is 0.304 e. The number of fused-ring (bicyclic) bond motifs is 1. The SMILES string of the molecule is O=C(O)CC1(c2cccc3c2OCC3)CCC1. The standard InChI is InChI=1S/C14H16O3/c15-12(16)9-14(6-2-7-14)11-4-1-3-10-5-8-17-13(10)11/h1,3-4H,2,5-9H2,(H,15,16). The summed E-state index contributed by atoms with van der Waals surface area (Å²) < 4.78 is 5.70. The van der Waals surface area contributed by atoms with E-state index in [9.17, 15) is 4.79 Å². The highest BCUT2D eigenvalue weighted by atomic mass is 16.5. The van der Waals surface area contributed by atoms with E-state index in [1.165, 1.54) is 5.56 Å². The molecule has 90 valence electrons. The van der Waals surface area contributed by atoms with Crippen LogP contribution in [0.25, 0.3) is 0 Å². The van der Waals surface area contributed by atoms with Gasteiger partial charge in [0.15, 0.2) is 0 Å². The van der Waals surface area contributed by atoms with Gasteiger partial charge in [-0.25, -0.2) is 0 Å². The molecule has 0 aromatic heterocycles. The number of hydrogen-bond acceptors (Lipinski definition) is 2. The van der Waals surface area contributed by atoms with Gasteiger partial charge in [0, 0.05) is 17.4 Å². The van der Waals surface area contributed by atoms with Crippen LogP contribution >= 0.6 is 0 Å². The van der Waals surface area contributed by atoms with Crippen molar-refractivity contribution in [3.8, 4) is 5.75 Å². The number of aliphatic carboxylic acids is 1. The quantitative estimate of drug-likeness (QED) is 0.871. The van der Waals surface area contributed by atoms with Crippen LogP contribution < -0.4 is 4.74 Å². The van der Waals surface area contributed by atoms with Crippen LogP contribution in [0.4, 0.5) is 0 Å².